The second-order valence-electron chi connectivity index (χ2n) is 3.44. The van der Waals surface area contributed by atoms with Crippen molar-refractivity contribution in [2.24, 2.45) is 0 Å². The Labute approximate surface area is 164 Å². The molecule has 0 heterocycles. The normalized spacial score (nSPS) is 9.43. The smallest absolute Gasteiger partial charge is 0.135 e. The van der Waals surface area contributed by atoms with E-state index in [4.69, 9.17) is 79.8 Å². The molecule has 0 aliphatic heterocycles. The first-order chi connectivity index (χ1) is 9.22. The quantitative estimate of drug-likeness (QED) is 0.339. The first-order valence-electron chi connectivity index (χ1n) is 4.89. The van der Waals surface area contributed by atoms with Crippen molar-refractivity contribution < 1.29 is 29.7 Å². The van der Waals surface area contributed by atoms with Gasteiger partial charge in [0.05, 0.1) is 30.1 Å². The number of phenolic OH excluding ortho intramolecular Hbond substituents is 2. The Morgan fingerprint density at radius 2 is 0.714 bits per heavy atom. The number of hydrogen-bond acceptors (Lipinski definition) is 2. The summed E-state index contributed by atoms with van der Waals surface area (Å²) >= 11 is 33.2. The van der Waals surface area contributed by atoms with Crippen LogP contribution in [0, 0.1) is 0 Å². The Bertz CT molecular complexity index is 480. The zero-order valence-corrected chi connectivity index (χ0v) is 17.7. The summed E-state index contributed by atoms with van der Waals surface area (Å²) in [5, 5.41) is 19.6. The van der Waals surface area contributed by atoms with Gasteiger partial charge in [-0.05, 0) is 12.1 Å². The molecule has 0 amide bonds. The molecule has 2 aromatic rings. The van der Waals surface area contributed by atoms with Gasteiger partial charge in [-0.2, -0.15) is 0 Å². The molecule has 21 heavy (non-hydrogen) atoms. The molecule has 9 heteroatoms. The van der Waals surface area contributed by atoms with Crippen molar-refractivity contribution in [3.63, 3.8) is 0 Å². The van der Waals surface area contributed by atoms with Crippen LogP contribution in [0.2, 0.25) is 30.1 Å². The van der Waals surface area contributed by atoms with Crippen molar-refractivity contribution in [3.8, 4) is 11.5 Å². The molecule has 0 saturated heterocycles. The summed E-state index contributed by atoms with van der Waals surface area (Å²) in [6.45, 7) is 0. The van der Waals surface area contributed by atoms with Gasteiger partial charge in [-0.15, -0.1) is 0 Å². The third-order valence-electron chi connectivity index (χ3n) is 1.98. The molecule has 0 aromatic heterocycles. The molecule has 0 saturated carbocycles. The number of halogens is 6. The van der Waals surface area contributed by atoms with Gasteiger partial charge in [-0.1, -0.05) is 69.6 Å². The molecule has 2 nitrogen and oxygen atoms in total. The van der Waals surface area contributed by atoms with Gasteiger partial charge in [0, 0.05) is 31.6 Å². The molecule has 0 fully saturated rings. The Hall–Kier alpha value is 0.403. The predicted molar refractivity (Wildman–Crippen MR) is 86.3 cm³/mol. The summed E-state index contributed by atoms with van der Waals surface area (Å²) in [4.78, 5) is 0. The van der Waals surface area contributed by atoms with E-state index in [1.54, 1.807) is 0 Å². The Morgan fingerprint density at radius 1 is 0.476 bits per heavy atom. The summed E-state index contributed by atoms with van der Waals surface area (Å²) in [5.74, 6) is -0.118. The fourth-order valence-corrected chi connectivity index (χ4v) is 2.11. The Kier molecular flexibility index (Phi) is 9.70. The maximum atomic E-state index is 8.95. The third kappa shape index (κ3) is 6.58. The van der Waals surface area contributed by atoms with Crippen molar-refractivity contribution in [1.29, 1.82) is 0 Å². The Balaban J connectivity index is 0.000000364. The average molecular weight is 460 g/mol. The van der Waals surface area contributed by atoms with E-state index in [-0.39, 0.29) is 41.0 Å². The molecule has 0 spiro atoms. The first-order valence-corrected chi connectivity index (χ1v) is 7.16. The minimum absolute atomic E-state index is 0. The molecule has 110 valence electrons. The topological polar surface area (TPSA) is 40.5 Å². The van der Waals surface area contributed by atoms with Crippen LogP contribution in [0.25, 0.3) is 0 Å². The van der Waals surface area contributed by atoms with Crippen LogP contribution in [0.5, 0.6) is 11.5 Å². The van der Waals surface area contributed by atoms with Crippen LogP contribution < -0.4 is 0 Å². The number of aromatic hydroxyl groups is 2. The molecule has 2 N–H and O–H groups in total. The van der Waals surface area contributed by atoms with Crippen LogP contribution in [0.1, 0.15) is 0 Å². The first kappa shape index (κ1) is 21.4. The van der Waals surface area contributed by atoms with E-state index in [0.29, 0.717) is 20.1 Å². The standard InChI is InChI=1S/2C6H3Cl3O.Zn/c2*7-3-1-5(9)6(10)2-4(3)8;/h2*1-2,10H;. The van der Waals surface area contributed by atoms with Crippen LogP contribution in [-0.4, -0.2) is 10.2 Å². The number of benzene rings is 2. The Morgan fingerprint density at radius 3 is 0.952 bits per heavy atom. The summed E-state index contributed by atoms with van der Waals surface area (Å²) < 4.78 is 0. The van der Waals surface area contributed by atoms with Crippen molar-refractivity contribution in [1.82, 2.24) is 0 Å². The van der Waals surface area contributed by atoms with Crippen molar-refractivity contribution in [2.75, 3.05) is 0 Å². The van der Waals surface area contributed by atoms with Gasteiger partial charge in [0.15, 0.2) is 0 Å². The van der Waals surface area contributed by atoms with Gasteiger partial charge >= 0.3 is 0 Å². The molecular formula is C12H6Cl6O2Zn. The molecular weight excluding hydrogens is 454 g/mol. The average Bonchev–Trinajstić information content (AvgIpc) is 2.35. The van der Waals surface area contributed by atoms with Crippen molar-refractivity contribution in [3.05, 3.63) is 54.4 Å². The minimum atomic E-state index is -0.0592. The molecule has 2 aromatic carbocycles. The van der Waals surface area contributed by atoms with Gasteiger partial charge < -0.3 is 10.2 Å². The van der Waals surface area contributed by atoms with E-state index in [2.05, 4.69) is 0 Å². The van der Waals surface area contributed by atoms with E-state index >= 15 is 0 Å². The zero-order valence-electron chi connectivity index (χ0n) is 10.2. The summed E-state index contributed by atoms with van der Waals surface area (Å²) in [5.41, 5.74) is 0. The SMILES string of the molecule is Oc1cc(Cl)c(Cl)cc1Cl.Oc1cc(Cl)c(Cl)cc1Cl.[Zn]. The van der Waals surface area contributed by atoms with Crippen LogP contribution in [0.15, 0.2) is 24.3 Å². The van der Waals surface area contributed by atoms with Crippen LogP contribution in [0.4, 0.5) is 0 Å². The summed E-state index contributed by atoms with van der Waals surface area (Å²) in [6, 6.07) is 5.38. The fourth-order valence-electron chi connectivity index (χ4n) is 1.02. The van der Waals surface area contributed by atoms with Crippen molar-refractivity contribution in [2.45, 2.75) is 0 Å². The van der Waals surface area contributed by atoms with Gasteiger partial charge in [0.2, 0.25) is 0 Å². The van der Waals surface area contributed by atoms with Crippen LogP contribution >= 0.6 is 69.6 Å². The number of rotatable bonds is 0. The van der Waals surface area contributed by atoms with E-state index in [1.807, 2.05) is 0 Å². The zero-order chi connectivity index (χ0) is 15.4. The third-order valence-corrected chi connectivity index (χ3v) is 4.03. The molecule has 0 unspecified atom stereocenters. The van der Waals surface area contributed by atoms with Gasteiger partial charge in [-0.25, -0.2) is 0 Å². The maximum Gasteiger partial charge on any atom is 0.135 e. The molecule has 2 rings (SSSR count). The van der Waals surface area contributed by atoms with Crippen molar-refractivity contribution >= 4 is 69.6 Å². The van der Waals surface area contributed by atoms with E-state index < -0.39 is 0 Å². The van der Waals surface area contributed by atoms with E-state index in [9.17, 15) is 0 Å². The minimum Gasteiger partial charge on any atom is -0.506 e. The summed E-state index contributed by atoms with van der Waals surface area (Å²) in [7, 11) is 0. The largest absolute Gasteiger partial charge is 0.506 e. The molecule has 0 aliphatic rings. The second kappa shape index (κ2) is 9.52. The molecule has 0 atom stereocenters. The fraction of sp³-hybridized carbons (Fsp3) is 0. The van der Waals surface area contributed by atoms with E-state index in [0.717, 1.165) is 0 Å². The second-order valence-corrected chi connectivity index (χ2v) is 5.88. The van der Waals surface area contributed by atoms with Gasteiger partial charge in [0.25, 0.3) is 0 Å². The maximum absolute atomic E-state index is 8.95. The van der Waals surface area contributed by atoms with Gasteiger partial charge in [-0.3, -0.25) is 0 Å². The monoisotopic (exact) mass is 456 g/mol. The van der Waals surface area contributed by atoms with Crippen LogP contribution in [0.3, 0.4) is 0 Å². The van der Waals surface area contributed by atoms with Crippen LogP contribution in [-0.2, 0) is 19.5 Å². The van der Waals surface area contributed by atoms with E-state index in [1.165, 1.54) is 24.3 Å². The molecule has 0 bridgehead atoms. The number of hydrogen-bond donors (Lipinski definition) is 2. The molecule has 0 aliphatic carbocycles. The summed E-state index contributed by atoms with van der Waals surface area (Å²) in [6.07, 6.45) is 0. The number of phenols is 2. The van der Waals surface area contributed by atoms with Gasteiger partial charge in [0.1, 0.15) is 11.5 Å². The molecule has 0 radical (unpaired) electrons. The predicted octanol–water partition coefficient (Wildman–Crippen LogP) is 6.70.